The molecule has 1 amide bonds. The summed E-state index contributed by atoms with van der Waals surface area (Å²) < 4.78 is 0. The predicted octanol–water partition coefficient (Wildman–Crippen LogP) is 2.36. The Morgan fingerprint density at radius 2 is 1.71 bits per heavy atom. The van der Waals surface area contributed by atoms with Crippen molar-refractivity contribution in [2.75, 3.05) is 0 Å². The zero-order valence-corrected chi connectivity index (χ0v) is 11.0. The zero-order chi connectivity index (χ0) is 12.1. The van der Waals surface area contributed by atoms with Crippen LogP contribution in [0.25, 0.3) is 0 Å². The van der Waals surface area contributed by atoms with Gasteiger partial charge in [0.25, 0.3) is 0 Å². The fraction of sp³-hybridized carbons (Fsp3) is 0.929. The molecule has 0 aromatic rings. The van der Waals surface area contributed by atoms with Gasteiger partial charge in [-0.3, -0.25) is 4.79 Å². The van der Waals surface area contributed by atoms with Crippen LogP contribution in [0.5, 0.6) is 0 Å². The Morgan fingerprint density at radius 1 is 1.00 bits per heavy atom. The van der Waals surface area contributed by atoms with Gasteiger partial charge in [-0.25, -0.2) is 0 Å². The van der Waals surface area contributed by atoms with Gasteiger partial charge in [-0.1, -0.05) is 25.7 Å². The SMILES string of the molecule is CC1CCCC(C(=O)NC2CCCCCC2)N1. The Hall–Kier alpha value is -0.570. The number of hydrogen-bond donors (Lipinski definition) is 2. The molecular weight excluding hydrogens is 212 g/mol. The van der Waals surface area contributed by atoms with E-state index in [0.29, 0.717) is 12.1 Å². The summed E-state index contributed by atoms with van der Waals surface area (Å²) >= 11 is 0. The summed E-state index contributed by atoms with van der Waals surface area (Å²) in [5, 5.41) is 6.66. The lowest BCUT2D eigenvalue weighted by Gasteiger charge is -2.29. The number of rotatable bonds is 2. The van der Waals surface area contributed by atoms with E-state index in [1.807, 2.05) is 0 Å². The molecule has 98 valence electrons. The Labute approximate surface area is 105 Å². The van der Waals surface area contributed by atoms with Crippen LogP contribution in [0.3, 0.4) is 0 Å². The third kappa shape index (κ3) is 3.98. The molecule has 2 fully saturated rings. The van der Waals surface area contributed by atoms with Crippen molar-refractivity contribution in [1.29, 1.82) is 0 Å². The van der Waals surface area contributed by atoms with Crippen molar-refractivity contribution in [1.82, 2.24) is 10.6 Å². The zero-order valence-electron chi connectivity index (χ0n) is 11.0. The largest absolute Gasteiger partial charge is 0.352 e. The Balaban J connectivity index is 1.78. The van der Waals surface area contributed by atoms with E-state index in [1.54, 1.807) is 0 Å². The maximum atomic E-state index is 12.2. The second kappa shape index (κ2) is 6.39. The van der Waals surface area contributed by atoms with E-state index in [9.17, 15) is 4.79 Å². The Morgan fingerprint density at radius 3 is 2.35 bits per heavy atom. The van der Waals surface area contributed by atoms with Crippen LogP contribution in [0.1, 0.15) is 64.7 Å². The summed E-state index contributed by atoms with van der Waals surface area (Å²) in [6, 6.07) is 0.986. The minimum Gasteiger partial charge on any atom is -0.352 e. The van der Waals surface area contributed by atoms with Gasteiger partial charge in [0.1, 0.15) is 0 Å². The molecule has 3 heteroatoms. The molecule has 0 spiro atoms. The second-order valence-electron chi connectivity index (χ2n) is 5.75. The first-order valence-electron chi connectivity index (χ1n) is 7.32. The van der Waals surface area contributed by atoms with Gasteiger partial charge in [0.2, 0.25) is 5.91 Å². The van der Waals surface area contributed by atoms with Crippen LogP contribution in [-0.4, -0.2) is 24.0 Å². The van der Waals surface area contributed by atoms with Crippen LogP contribution < -0.4 is 10.6 Å². The second-order valence-corrected chi connectivity index (χ2v) is 5.75. The smallest absolute Gasteiger partial charge is 0.237 e. The van der Waals surface area contributed by atoms with Gasteiger partial charge in [-0.05, 0) is 39.0 Å². The van der Waals surface area contributed by atoms with Crippen LogP contribution in [0.2, 0.25) is 0 Å². The number of nitrogens with one attached hydrogen (secondary N) is 2. The molecule has 1 aliphatic heterocycles. The van der Waals surface area contributed by atoms with Crippen molar-refractivity contribution < 1.29 is 4.79 Å². The molecular formula is C14H26N2O. The fourth-order valence-corrected chi connectivity index (χ4v) is 3.07. The molecule has 2 unspecified atom stereocenters. The van der Waals surface area contributed by atoms with Crippen LogP contribution in [0.4, 0.5) is 0 Å². The standard InChI is InChI=1S/C14H26N2O/c1-11-7-6-10-13(15-11)14(17)16-12-8-4-2-3-5-9-12/h11-13,15H,2-10H2,1H3,(H,16,17). The van der Waals surface area contributed by atoms with Gasteiger partial charge < -0.3 is 10.6 Å². The summed E-state index contributed by atoms with van der Waals surface area (Å²) in [7, 11) is 0. The normalized spacial score (nSPS) is 31.8. The van der Waals surface area contributed by atoms with E-state index < -0.39 is 0 Å². The molecule has 1 saturated heterocycles. The van der Waals surface area contributed by atoms with Gasteiger partial charge in [0.15, 0.2) is 0 Å². The first-order valence-corrected chi connectivity index (χ1v) is 7.32. The van der Waals surface area contributed by atoms with Crippen molar-refractivity contribution in [3.05, 3.63) is 0 Å². The number of carbonyl (C=O) groups excluding carboxylic acids is 1. The number of piperidine rings is 1. The summed E-state index contributed by atoms with van der Waals surface area (Å²) in [4.78, 5) is 12.2. The number of hydrogen-bond acceptors (Lipinski definition) is 2. The molecule has 0 radical (unpaired) electrons. The van der Waals surface area contributed by atoms with E-state index in [0.717, 1.165) is 6.42 Å². The molecule has 1 saturated carbocycles. The van der Waals surface area contributed by atoms with Crippen LogP contribution in [0.15, 0.2) is 0 Å². The van der Waals surface area contributed by atoms with Gasteiger partial charge in [-0.2, -0.15) is 0 Å². The number of carbonyl (C=O) groups is 1. The molecule has 2 atom stereocenters. The molecule has 1 aliphatic carbocycles. The maximum absolute atomic E-state index is 12.2. The molecule has 2 aliphatic rings. The van der Waals surface area contributed by atoms with Gasteiger partial charge in [0, 0.05) is 12.1 Å². The molecule has 2 rings (SSSR count). The van der Waals surface area contributed by atoms with Crippen molar-refractivity contribution in [2.24, 2.45) is 0 Å². The monoisotopic (exact) mass is 238 g/mol. The third-order valence-electron chi connectivity index (χ3n) is 4.13. The Kier molecular flexibility index (Phi) is 4.84. The van der Waals surface area contributed by atoms with E-state index in [-0.39, 0.29) is 11.9 Å². The average Bonchev–Trinajstić information content (AvgIpc) is 2.57. The van der Waals surface area contributed by atoms with Crippen LogP contribution >= 0.6 is 0 Å². The minimum absolute atomic E-state index is 0.0574. The van der Waals surface area contributed by atoms with E-state index in [4.69, 9.17) is 0 Å². The summed E-state index contributed by atoms with van der Waals surface area (Å²) in [5.41, 5.74) is 0. The molecule has 0 aromatic carbocycles. The summed E-state index contributed by atoms with van der Waals surface area (Å²) in [6.07, 6.45) is 11.0. The minimum atomic E-state index is 0.0574. The van der Waals surface area contributed by atoms with Crippen molar-refractivity contribution in [2.45, 2.75) is 82.8 Å². The Bertz CT molecular complexity index is 247. The molecule has 17 heavy (non-hydrogen) atoms. The van der Waals surface area contributed by atoms with E-state index >= 15 is 0 Å². The van der Waals surface area contributed by atoms with E-state index in [2.05, 4.69) is 17.6 Å². The highest BCUT2D eigenvalue weighted by Crippen LogP contribution is 2.18. The molecule has 0 bridgehead atoms. The topological polar surface area (TPSA) is 41.1 Å². The van der Waals surface area contributed by atoms with Crippen molar-refractivity contribution >= 4 is 5.91 Å². The summed E-state index contributed by atoms with van der Waals surface area (Å²) in [5.74, 6) is 0.239. The average molecular weight is 238 g/mol. The lowest BCUT2D eigenvalue weighted by atomic mass is 9.98. The van der Waals surface area contributed by atoms with Crippen LogP contribution in [-0.2, 0) is 4.79 Å². The highest BCUT2D eigenvalue weighted by molar-refractivity contribution is 5.82. The lowest BCUT2D eigenvalue weighted by molar-refractivity contribution is -0.124. The van der Waals surface area contributed by atoms with Crippen molar-refractivity contribution in [3.63, 3.8) is 0 Å². The lowest BCUT2D eigenvalue weighted by Crippen LogP contribution is -2.52. The van der Waals surface area contributed by atoms with Gasteiger partial charge in [0.05, 0.1) is 6.04 Å². The fourth-order valence-electron chi connectivity index (χ4n) is 3.07. The number of amides is 1. The van der Waals surface area contributed by atoms with Gasteiger partial charge >= 0.3 is 0 Å². The predicted molar refractivity (Wildman–Crippen MR) is 69.9 cm³/mol. The van der Waals surface area contributed by atoms with E-state index in [1.165, 1.54) is 51.4 Å². The first-order chi connectivity index (χ1) is 8.25. The third-order valence-corrected chi connectivity index (χ3v) is 4.13. The highest BCUT2D eigenvalue weighted by atomic mass is 16.2. The highest BCUT2D eigenvalue weighted by Gasteiger charge is 2.25. The molecule has 3 nitrogen and oxygen atoms in total. The molecule has 2 N–H and O–H groups in total. The van der Waals surface area contributed by atoms with Gasteiger partial charge in [-0.15, -0.1) is 0 Å². The first kappa shape index (κ1) is 12.9. The quantitative estimate of drug-likeness (QED) is 0.725. The molecule has 1 heterocycles. The van der Waals surface area contributed by atoms with Crippen LogP contribution in [0, 0.1) is 0 Å². The summed E-state index contributed by atoms with van der Waals surface area (Å²) in [6.45, 7) is 2.17. The molecule has 0 aromatic heterocycles. The van der Waals surface area contributed by atoms with Crippen molar-refractivity contribution in [3.8, 4) is 0 Å². The maximum Gasteiger partial charge on any atom is 0.237 e.